The van der Waals surface area contributed by atoms with E-state index in [0.29, 0.717) is 24.5 Å². The number of pyridine rings is 1. The summed E-state index contributed by atoms with van der Waals surface area (Å²) in [5.41, 5.74) is 0.624. The topological polar surface area (TPSA) is 74.8 Å². The zero-order valence-corrected chi connectivity index (χ0v) is 17.0. The number of carbonyl (C=O) groups is 2. The third kappa shape index (κ3) is 5.22. The van der Waals surface area contributed by atoms with E-state index in [1.807, 2.05) is 21.9 Å². The second kappa shape index (κ2) is 9.87. The van der Waals surface area contributed by atoms with Crippen LogP contribution < -0.4 is 5.32 Å². The van der Waals surface area contributed by atoms with Crippen LogP contribution in [-0.2, 0) is 9.53 Å². The molecule has 1 aromatic heterocycles. The van der Waals surface area contributed by atoms with Gasteiger partial charge in [-0.3, -0.25) is 9.59 Å². The van der Waals surface area contributed by atoms with Crippen molar-refractivity contribution in [3.8, 4) is 0 Å². The number of nitrogens with one attached hydrogen (secondary N) is 1. The Morgan fingerprint density at radius 1 is 1.32 bits per heavy atom. The fourth-order valence-electron chi connectivity index (χ4n) is 3.99. The van der Waals surface area contributed by atoms with Crippen LogP contribution in [0.4, 0.5) is 5.82 Å². The van der Waals surface area contributed by atoms with E-state index in [1.54, 1.807) is 13.3 Å². The Kier molecular flexibility index (Phi) is 7.25. The molecule has 0 aromatic carbocycles. The number of likely N-dealkylation sites (tertiary alicyclic amines) is 2. The van der Waals surface area contributed by atoms with Crippen LogP contribution in [0.25, 0.3) is 0 Å². The zero-order chi connectivity index (χ0) is 19.9. The first kappa shape index (κ1) is 20.6. The number of ether oxygens (including phenoxy) is 1. The number of methoxy groups -OCH3 is 1. The molecule has 154 valence electrons. The largest absolute Gasteiger partial charge is 0.383 e. The highest BCUT2D eigenvalue weighted by Gasteiger charge is 2.28. The summed E-state index contributed by atoms with van der Waals surface area (Å²) in [6.45, 7) is 5.96. The van der Waals surface area contributed by atoms with Gasteiger partial charge >= 0.3 is 0 Å². The van der Waals surface area contributed by atoms with Gasteiger partial charge in [-0.05, 0) is 43.7 Å². The fraction of sp³-hybridized carbons (Fsp3) is 0.667. The first-order chi connectivity index (χ1) is 13.6. The molecule has 0 aliphatic carbocycles. The summed E-state index contributed by atoms with van der Waals surface area (Å²) in [6, 6.07) is 3.91. The second-order valence-electron chi connectivity index (χ2n) is 7.82. The smallest absolute Gasteiger partial charge is 0.255 e. The Labute approximate surface area is 167 Å². The van der Waals surface area contributed by atoms with Gasteiger partial charge in [0.25, 0.3) is 5.91 Å². The van der Waals surface area contributed by atoms with E-state index in [9.17, 15) is 9.59 Å². The minimum absolute atomic E-state index is 0.0404. The molecule has 0 unspecified atom stereocenters. The lowest BCUT2D eigenvalue weighted by molar-refractivity contribution is -0.128. The van der Waals surface area contributed by atoms with Crippen molar-refractivity contribution in [2.45, 2.75) is 45.1 Å². The van der Waals surface area contributed by atoms with Crippen LogP contribution in [0.1, 0.15) is 49.4 Å². The predicted molar refractivity (Wildman–Crippen MR) is 108 cm³/mol. The molecule has 2 saturated heterocycles. The number of amides is 2. The van der Waals surface area contributed by atoms with Crippen LogP contribution in [0.15, 0.2) is 18.3 Å². The van der Waals surface area contributed by atoms with Crippen molar-refractivity contribution in [3.63, 3.8) is 0 Å². The first-order valence-electron chi connectivity index (χ1n) is 10.4. The number of anilines is 1. The molecule has 2 aliphatic rings. The van der Waals surface area contributed by atoms with Crippen molar-refractivity contribution in [2.75, 3.05) is 45.2 Å². The quantitative estimate of drug-likeness (QED) is 0.740. The standard InChI is InChI=1S/C21H32N4O3/c1-3-18(15-28-2)23-19-7-6-17(13-22-19)21(27)24-11-8-16(9-12-24)14-25-10-4-5-20(25)26/h6-7,13,16,18H,3-5,8-12,14-15H2,1-2H3,(H,22,23)/t18-/m0/s1. The van der Waals surface area contributed by atoms with Gasteiger partial charge in [-0.15, -0.1) is 0 Å². The Morgan fingerprint density at radius 3 is 2.68 bits per heavy atom. The Bertz CT molecular complexity index is 656. The van der Waals surface area contributed by atoms with E-state index in [2.05, 4.69) is 17.2 Å². The van der Waals surface area contributed by atoms with Crippen LogP contribution in [0.2, 0.25) is 0 Å². The third-order valence-electron chi connectivity index (χ3n) is 5.77. The summed E-state index contributed by atoms with van der Waals surface area (Å²) in [6.07, 6.45) is 6.18. The predicted octanol–water partition coefficient (Wildman–Crippen LogP) is 2.39. The van der Waals surface area contributed by atoms with E-state index < -0.39 is 0 Å². The van der Waals surface area contributed by atoms with E-state index in [4.69, 9.17) is 4.74 Å². The molecule has 28 heavy (non-hydrogen) atoms. The number of rotatable bonds is 8. The molecule has 3 rings (SSSR count). The molecule has 7 heteroatoms. The molecule has 1 aromatic rings. The van der Waals surface area contributed by atoms with Gasteiger partial charge in [-0.1, -0.05) is 6.92 Å². The molecule has 0 spiro atoms. The van der Waals surface area contributed by atoms with Crippen LogP contribution in [0.5, 0.6) is 0 Å². The van der Waals surface area contributed by atoms with Gasteiger partial charge in [-0.2, -0.15) is 0 Å². The van der Waals surface area contributed by atoms with Crippen molar-refractivity contribution in [2.24, 2.45) is 5.92 Å². The first-order valence-corrected chi connectivity index (χ1v) is 10.4. The monoisotopic (exact) mass is 388 g/mol. The average molecular weight is 389 g/mol. The van der Waals surface area contributed by atoms with Crippen LogP contribution in [0.3, 0.4) is 0 Å². The maximum Gasteiger partial charge on any atom is 0.255 e. The Hall–Kier alpha value is -2.15. The summed E-state index contributed by atoms with van der Waals surface area (Å²) in [5, 5.41) is 3.33. The SMILES string of the molecule is CC[C@@H](COC)Nc1ccc(C(=O)N2CCC(CN3CCCC3=O)CC2)cn1. The van der Waals surface area contributed by atoms with Crippen molar-refractivity contribution < 1.29 is 14.3 Å². The number of hydrogen-bond donors (Lipinski definition) is 1. The normalized spacial score (nSPS) is 19.1. The lowest BCUT2D eigenvalue weighted by atomic mass is 9.96. The summed E-state index contributed by atoms with van der Waals surface area (Å²) < 4.78 is 5.19. The number of aromatic nitrogens is 1. The third-order valence-corrected chi connectivity index (χ3v) is 5.77. The molecule has 2 fully saturated rings. The van der Waals surface area contributed by atoms with Gasteiger partial charge in [-0.25, -0.2) is 4.98 Å². The highest BCUT2D eigenvalue weighted by Crippen LogP contribution is 2.22. The molecular formula is C21H32N4O3. The summed E-state index contributed by atoms with van der Waals surface area (Å²) >= 11 is 0. The van der Waals surface area contributed by atoms with Gasteiger partial charge < -0.3 is 19.9 Å². The molecule has 2 aliphatic heterocycles. The van der Waals surface area contributed by atoms with Gasteiger partial charge in [0.2, 0.25) is 5.91 Å². The average Bonchev–Trinajstić information content (AvgIpc) is 3.12. The lowest BCUT2D eigenvalue weighted by Gasteiger charge is -2.34. The van der Waals surface area contributed by atoms with Gasteiger partial charge in [0, 0.05) is 45.9 Å². The zero-order valence-electron chi connectivity index (χ0n) is 17.0. The molecule has 0 radical (unpaired) electrons. The highest BCUT2D eigenvalue weighted by atomic mass is 16.5. The number of carbonyl (C=O) groups excluding carboxylic acids is 2. The van der Waals surface area contributed by atoms with Crippen molar-refractivity contribution >= 4 is 17.6 Å². The van der Waals surface area contributed by atoms with E-state index in [0.717, 1.165) is 57.7 Å². The van der Waals surface area contributed by atoms with Gasteiger partial charge in [0.15, 0.2) is 0 Å². The highest BCUT2D eigenvalue weighted by molar-refractivity contribution is 5.94. The van der Waals surface area contributed by atoms with Crippen LogP contribution in [-0.4, -0.2) is 72.5 Å². The number of hydrogen-bond acceptors (Lipinski definition) is 5. The van der Waals surface area contributed by atoms with Gasteiger partial charge in [0.05, 0.1) is 18.2 Å². The molecule has 0 saturated carbocycles. The molecular weight excluding hydrogens is 356 g/mol. The Balaban J connectivity index is 1.48. The van der Waals surface area contributed by atoms with Crippen LogP contribution in [0, 0.1) is 5.92 Å². The number of piperidine rings is 1. The molecule has 0 bridgehead atoms. The second-order valence-corrected chi connectivity index (χ2v) is 7.82. The van der Waals surface area contributed by atoms with Crippen molar-refractivity contribution in [1.29, 1.82) is 0 Å². The Morgan fingerprint density at radius 2 is 2.11 bits per heavy atom. The molecule has 2 amide bonds. The minimum Gasteiger partial charge on any atom is -0.383 e. The molecule has 1 atom stereocenters. The fourth-order valence-corrected chi connectivity index (χ4v) is 3.99. The molecule has 1 N–H and O–H groups in total. The maximum absolute atomic E-state index is 12.8. The summed E-state index contributed by atoms with van der Waals surface area (Å²) in [4.78, 5) is 32.9. The van der Waals surface area contributed by atoms with E-state index in [1.165, 1.54) is 0 Å². The van der Waals surface area contributed by atoms with E-state index in [-0.39, 0.29) is 17.9 Å². The lowest BCUT2D eigenvalue weighted by Crippen LogP contribution is -2.41. The summed E-state index contributed by atoms with van der Waals surface area (Å²) in [5.74, 6) is 1.59. The molecule has 3 heterocycles. The minimum atomic E-state index is 0.0404. The maximum atomic E-state index is 12.8. The van der Waals surface area contributed by atoms with Crippen molar-refractivity contribution in [3.05, 3.63) is 23.9 Å². The van der Waals surface area contributed by atoms with Gasteiger partial charge in [0.1, 0.15) is 5.82 Å². The number of nitrogens with zero attached hydrogens (tertiary/aromatic N) is 3. The molecule has 7 nitrogen and oxygen atoms in total. The summed E-state index contributed by atoms with van der Waals surface area (Å²) in [7, 11) is 1.69. The van der Waals surface area contributed by atoms with Crippen molar-refractivity contribution in [1.82, 2.24) is 14.8 Å². The van der Waals surface area contributed by atoms with Crippen LogP contribution >= 0.6 is 0 Å². The van der Waals surface area contributed by atoms with E-state index >= 15 is 0 Å².